The highest BCUT2D eigenvalue weighted by Gasteiger charge is 2.31. The van der Waals surface area contributed by atoms with Crippen LogP contribution in [0.5, 0.6) is 11.5 Å². The average molecular weight is 376 g/mol. The largest absolute Gasteiger partial charge is 0.497 e. The van der Waals surface area contributed by atoms with E-state index in [0.717, 1.165) is 11.5 Å². The third kappa shape index (κ3) is 4.20. The van der Waals surface area contributed by atoms with Gasteiger partial charge in [0.15, 0.2) is 0 Å². The Hall–Kier alpha value is -2.78. The van der Waals surface area contributed by atoms with E-state index in [9.17, 15) is 5.11 Å². The highest BCUT2D eigenvalue weighted by Crippen LogP contribution is 2.39. The lowest BCUT2D eigenvalue weighted by Crippen LogP contribution is -2.25. The molecule has 146 valence electrons. The maximum atomic E-state index is 9.71. The predicted octanol–water partition coefficient (Wildman–Crippen LogP) is 5.20. The van der Waals surface area contributed by atoms with E-state index in [2.05, 4.69) is 55.5 Å². The molecule has 0 radical (unpaired) electrons. The number of aliphatic hydroxyl groups is 1. The molecule has 0 saturated heterocycles. The van der Waals surface area contributed by atoms with Crippen LogP contribution >= 0.6 is 0 Å². The monoisotopic (exact) mass is 376 g/mol. The molecule has 0 heterocycles. The van der Waals surface area contributed by atoms with Crippen LogP contribution in [0.15, 0.2) is 78.9 Å². The van der Waals surface area contributed by atoms with Gasteiger partial charge in [-0.15, -0.1) is 0 Å². The molecule has 3 aromatic carbocycles. The minimum atomic E-state index is -0.437. The van der Waals surface area contributed by atoms with Crippen molar-refractivity contribution >= 4 is 0 Å². The maximum Gasteiger partial charge on any atom is 0.119 e. The van der Waals surface area contributed by atoms with Gasteiger partial charge >= 0.3 is 0 Å². The van der Waals surface area contributed by atoms with Gasteiger partial charge in [0.1, 0.15) is 18.1 Å². The Morgan fingerprint density at radius 2 is 1.29 bits per heavy atom. The molecule has 28 heavy (non-hydrogen) atoms. The number of methoxy groups -OCH3 is 1. The number of hydrogen-bond acceptors (Lipinski definition) is 3. The zero-order chi connectivity index (χ0) is 20.0. The van der Waals surface area contributed by atoms with Gasteiger partial charge in [-0.05, 0) is 54.3 Å². The van der Waals surface area contributed by atoms with Crippen LogP contribution in [0.3, 0.4) is 0 Å². The number of hydrogen-bond donors (Lipinski definition) is 1. The average Bonchev–Trinajstić information content (AvgIpc) is 2.78. The molecule has 0 fully saturated rings. The molecule has 2 unspecified atom stereocenters. The second-order valence-corrected chi connectivity index (χ2v) is 7.12. The van der Waals surface area contributed by atoms with Crippen LogP contribution in [0.2, 0.25) is 0 Å². The van der Waals surface area contributed by atoms with E-state index in [1.807, 2.05) is 37.3 Å². The number of rotatable bonds is 8. The summed E-state index contributed by atoms with van der Waals surface area (Å²) in [6, 6.07) is 26.9. The van der Waals surface area contributed by atoms with E-state index in [-0.39, 0.29) is 5.41 Å². The fourth-order valence-corrected chi connectivity index (χ4v) is 3.39. The zero-order valence-electron chi connectivity index (χ0n) is 16.8. The van der Waals surface area contributed by atoms with Crippen LogP contribution < -0.4 is 9.47 Å². The van der Waals surface area contributed by atoms with Gasteiger partial charge in [0.2, 0.25) is 0 Å². The Labute approximate surface area is 167 Å². The Morgan fingerprint density at radius 3 is 1.79 bits per heavy atom. The van der Waals surface area contributed by atoms with Crippen molar-refractivity contribution in [3.8, 4) is 11.5 Å². The van der Waals surface area contributed by atoms with Crippen molar-refractivity contribution in [2.24, 2.45) is 0 Å². The van der Waals surface area contributed by atoms with Crippen molar-refractivity contribution < 1.29 is 14.6 Å². The van der Waals surface area contributed by atoms with Gasteiger partial charge in [-0.25, -0.2) is 0 Å². The molecule has 0 amide bonds. The minimum absolute atomic E-state index is 0.310. The summed E-state index contributed by atoms with van der Waals surface area (Å²) in [6.45, 7) is 4.49. The molecule has 0 aliphatic carbocycles. The van der Waals surface area contributed by atoms with Gasteiger partial charge in [0.05, 0.1) is 13.2 Å². The summed E-state index contributed by atoms with van der Waals surface area (Å²) in [5.41, 5.74) is 3.27. The van der Waals surface area contributed by atoms with Gasteiger partial charge in [0.25, 0.3) is 0 Å². The fraction of sp³-hybridized carbons (Fsp3) is 0.280. The van der Waals surface area contributed by atoms with Gasteiger partial charge in [-0.1, -0.05) is 61.5 Å². The molecule has 3 nitrogen and oxygen atoms in total. The van der Waals surface area contributed by atoms with Crippen molar-refractivity contribution in [2.75, 3.05) is 13.7 Å². The summed E-state index contributed by atoms with van der Waals surface area (Å²) in [6.07, 6.45) is 0.246. The zero-order valence-corrected chi connectivity index (χ0v) is 16.8. The summed E-state index contributed by atoms with van der Waals surface area (Å²) in [4.78, 5) is 0. The second-order valence-electron chi connectivity index (χ2n) is 7.12. The smallest absolute Gasteiger partial charge is 0.119 e. The molecule has 0 aliphatic rings. The topological polar surface area (TPSA) is 38.7 Å². The summed E-state index contributed by atoms with van der Waals surface area (Å²) < 4.78 is 11.0. The van der Waals surface area contributed by atoms with Crippen molar-refractivity contribution in [1.82, 2.24) is 0 Å². The lowest BCUT2D eigenvalue weighted by Gasteiger charge is -2.32. The summed E-state index contributed by atoms with van der Waals surface area (Å²) in [5, 5.41) is 9.71. The minimum Gasteiger partial charge on any atom is -0.497 e. The quantitative estimate of drug-likeness (QED) is 0.549. The van der Waals surface area contributed by atoms with Gasteiger partial charge in [-0.2, -0.15) is 0 Å². The SMILES string of the molecule is CCC(O)COc1ccc(C(C)(c2ccccc2)c2ccc(OC)cc2)cc1. The highest BCUT2D eigenvalue weighted by molar-refractivity contribution is 5.51. The second kappa shape index (κ2) is 8.94. The van der Waals surface area contributed by atoms with Gasteiger partial charge < -0.3 is 14.6 Å². The fourth-order valence-electron chi connectivity index (χ4n) is 3.39. The Bertz CT molecular complexity index is 857. The molecule has 0 spiro atoms. The lowest BCUT2D eigenvalue weighted by molar-refractivity contribution is 0.104. The van der Waals surface area contributed by atoms with E-state index in [1.54, 1.807) is 7.11 Å². The molecule has 3 aromatic rings. The normalized spacial score (nSPS) is 14.1. The molecule has 0 aliphatic heterocycles. The predicted molar refractivity (Wildman–Crippen MR) is 113 cm³/mol. The first-order chi connectivity index (χ1) is 13.6. The van der Waals surface area contributed by atoms with E-state index < -0.39 is 6.10 Å². The lowest BCUT2D eigenvalue weighted by atomic mass is 9.71. The third-order valence-electron chi connectivity index (χ3n) is 5.36. The molecule has 3 heteroatoms. The molecular formula is C25H28O3. The van der Waals surface area contributed by atoms with E-state index >= 15 is 0 Å². The standard InChI is InChI=1S/C25H28O3/c1-4-22(26)18-28-24-16-12-21(13-17-24)25(2,19-8-6-5-7-9-19)20-10-14-23(27-3)15-11-20/h5-17,22,26H,4,18H2,1-3H3. The Kier molecular flexibility index (Phi) is 6.37. The number of aliphatic hydroxyl groups excluding tert-OH is 1. The first-order valence-corrected chi connectivity index (χ1v) is 9.69. The van der Waals surface area contributed by atoms with Crippen LogP contribution in [-0.4, -0.2) is 24.9 Å². The maximum absolute atomic E-state index is 9.71. The number of benzene rings is 3. The van der Waals surface area contributed by atoms with Crippen molar-refractivity contribution in [2.45, 2.75) is 31.8 Å². The van der Waals surface area contributed by atoms with E-state index in [0.29, 0.717) is 13.0 Å². The Balaban J connectivity index is 1.97. The van der Waals surface area contributed by atoms with Crippen LogP contribution in [0.25, 0.3) is 0 Å². The highest BCUT2D eigenvalue weighted by atomic mass is 16.5. The summed E-state index contributed by atoms with van der Waals surface area (Å²) in [5.74, 6) is 1.61. The van der Waals surface area contributed by atoms with Crippen molar-refractivity contribution in [3.63, 3.8) is 0 Å². The first-order valence-electron chi connectivity index (χ1n) is 9.69. The first kappa shape index (κ1) is 20.0. The van der Waals surface area contributed by atoms with Crippen molar-refractivity contribution in [3.05, 3.63) is 95.6 Å². The van der Waals surface area contributed by atoms with E-state index in [1.165, 1.54) is 16.7 Å². The Morgan fingerprint density at radius 1 is 0.786 bits per heavy atom. The number of ether oxygens (including phenoxy) is 2. The molecule has 0 bridgehead atoms. The summed E-state index contributed by atoms with van der Waals surface area (Å²) in [7, 11) is 1.68. The molecular weight excluding hydrogens is 348 g/mol. The van der Waals surface area contributed by atoms with Crippen LogP contribution in [-0.2, 0) is 5.41 Å². The van der Waals surface area contributed by atoms with Crippen LogP contribution in [0.4, 0.5) is 0 Å². The molecule has 1 N–H and O–H groups in total. The molecule has 0 aromatic heterocycles. The summed E-state index contributed by atoms with van der Waals surface area (Å²) >= 11 is 0. The molecule has 0 saturated carbocycles. The van der Waals surface area contributed by atoms with Gasteiger partial charge in [-0.3, -0.25) is 0 Å². The van der Waals surface area contributed by atoms with E-state index in [4.69, 9.17) is 9.47 Å². The van der Waals surface area contributed by atoms with Gasteiger partial charge in [0, 0.05) is 5.41 Å². The molecule has 2 atom stereocenters. The van der Waals surface area contributed by atoms with Crippen LogP contribution in [0, 0.1) is 0 Å². The molecule has 3 rings (SSSR count). The third-order valence-corrected chi connectivity index (χ3v) is 5.36. The van der Waals surface area contributed by atoms with Crippen LogP contribution in [0.1, 0.15) is 37.0 Å². The van der Waals surface area contributed by atoms with Crippen molar-refractivity contribution in [1.29, 1.82) is 0 Å².